The van der Waals surface area contributed by atoms with Gasteiger partial charge in [0.05, 0.1) is 33.1 Å². The lowest BCUT2D eigenvalue weighted by molar-refractivity contribution is -0.127. The van der Waals surface area contributed by atoms with Crippen LogP contribution in [-0.2, 0) is 20.8 Å². The number of aryl methyl sites for hydroxylation is 1. The fraction of sp³-hybridized carbons (Fsp3) is 0.429. The van der Waals surface area contributed by atoms with Crippen molar-refractivity contribution in [2.24, 2.45) is 0 Å². The van der Waals surface area contributed by atoms with Crippen molar-refractivity contribution < 1.29 is 28.6 Å². The van der Waals surface area contributed by atoms with Gasteiger partial charge >= 0.3 is 0 Å². The third kappa shape index (κ3) is 6.78. The molecule has 1 aliphatic rings. The van der Waals surface area contributed by atoms with E-state index in [1.807, 2.05) is 12.1 Å². The number of hydrogen-bond acceptors (Lipinski definition) is 8. The van der Waals surface area contributed by atoms with Gasteiger partial charge in [-0.2, -0.15) is 0 Å². The number of methoxy groups -OCH3 is 3. The van der Waals surface area contributed by atoms with Crippen LogP contribution in [0.5, 0.6) is 17.2 Å². The second kappa shape index (κ2) is 13.0. The molecule has 39 heavy (non-hydrogen) atoms. The Labute approximate surface area is 227 Å². The molecule has 0 aromatic heterocycles. The van der Waals surface area contributed by atoms with Gasteiger partial charge in [-0.15, -0.1) is 0 Å². The Kier molecular flexibility index (Phi) is 9.75. The highest BCUT2D eigenvalue weighted by Crippen LogP contribution is 2.50. The number of rotatable bonds is 10. The van der Waals surface area contributed by atoms with Crippen LogP contribution >= 0.6 is 0 Å². The van der Waals surface area contributed by atoms with E-state index in [9.17, 15) is 19.2 Å². The number of fused-ring (bicyclic) bond motifs is 3. The fourth-order valence-electron chi connectivity index (χ4n) is 4.76. The largest absolute Gasteiger partial charge is 0.493 e. The molecule has 3 amide bonds. The molecular formula is C28H36N4O7. The Morgan fingerprint density at radius 3 is 2.31 bits per heavy atom. The molecule has 11 heteroatoms. The van der Waals surface area contributed by atoms with Gasteiger partial charge < -0.3 is 35.5 Å². The zero-order valence-electron chi connectivity index (χ0n) is 23.2. The molecule has 4 N–H and O–H groups in total. The van der Waals surface area contributed by atoms with E-state index in [1.54, 1.807) is 27.2 Å². The maximum atomic E-state index is 13.3. The monoisotopic (exact) mass is 540 g/mol. The van der Waals surface area contributed by atoms with Crippen LogP contribution in [0.2, 0.25) is 0 Å². The smallest absolute Gasteiger partial charge is 0.242 e. The van der Waals surface area contributed by atoms with E-state index in [4.69, 9.17) is 14.2 Å². The van der Waals surface area contributed by atoms with Crippen LogP contribution < -0.4 is 40.9 Å². The lowest BCUT2D eigenvalue weighted by Gasteiger charge is -2.19. The minimum atomic E-state index is -0.667. The molecule has 0 saturated heterocycles. The Morgan fingerprint density at radius 2 is 1.69 bits per heavy atom. The highest BCUT2D eigenvalue weighted by Gasteiger charge is 2.29. The van der Waals surface area contributed by atoms with Crippen LogP contribution in [0.15, 0.2) is 29.1 Å². The van der Waals surface area contributed by atoms with Crippen LogP contribution in [0, 0.1) is 0 Å². The molecule has 2 atom stereocenters. The molecule has 3 rings (SSSR count). The summed E-state index contributed by atoms with van der Waals surface area (Å²) in [6, 6.07) is 5.85. The number of carbonyl (C=O) groups is 3. The number of ether oxygens (including phenoxy) is 3. The van der Waals surface area contributed by atoms with Crippen molar-refractivity contribution in [3.63, 3.8) is 0 Å². The van der Waals surface area contributed by atoms with Gasteiger partial charge in [0.15, 0.2) is 11.5 Å². The Balaban J connectivity index is 2.01. The van der Waals surface area contributed by atoms with Crippen LogP contribution in [0.4, 0.5) is 5.69 Å². The standard InChI is InChI=1S/C28H36N4O7/c1-15(31-16(2)33)28(36)30-12-11-29-22-10-8-19-20(14-23(22)35)21(32-17(3)34)9-7-18-13-24(37-4)26(38-5)27(39-6)25(18)19/h8,10,13-15,21H,7,9,11-12H2,1-6H3,(H,29,35)(H,30,36)(H,31,33)(H,32,34)/t15-,21-/m0/s1. The van der Waals surface area contributed by atoms with Crippen molar-refractivity contribution in [1.29, 1.82) is 0 Å². The summed E-state index contributed by atoms with van der Waals surface area (Å²) in [5.41, 5.74) is 3.13. The van der Waals surface area contributed by atoms with E-state index in [1.165, 1.54) is 27.0 Å². The molecule has 210 valence electrons. The second-order valence-corrected chi connectivity index (χ2v) is 9.24. The molecule has 2 aromatic rings. The van der Waals surface area contributed by atoms with Gasteiger partial charge in [0.2, 0.25) is 28.9 Å². The van der Waals surface area contributed by atoms with Gasteiger partial charge in [0.25, 0.3) is 0 Å². The molecule has 0 saturated carbocycles. The summed E-state index contributed by atoms with van der Waals surface area (Å²) in [4.78, 5) is 48.7. The number of anilines is 1. The molecule has 0 bridgehead atoms. The van der Waals surface area contributed by atoms with Crippen molar-refractivity contribution in [2.75, 3.05) is 39.7 Å². The van der Waals surface area contributed by atoms with E-state index < -0.39 is 12.1 Å². The maximum Gasteiger partial charge on any atom is 0.242 e. The third-order valence-corrected chi connectivity index (χ3v) is 6.47. The number of carbonyl (C=O) groups excluding carboxylic acids is 3. The number of benzene rings is 1. The van der Waals surface area contributed by atoms with Crippen molar-refractivity contribution in [2.45, 2.75) is 45.7 Å². The first-order chi connectivity index (χ1) is 18.6. The second-order valence-electron chi connectivity index (χ2n) is 9.24. The maximum absolute atomic E-state index is 13.3. The molecule has 1 aliphatic carbocycles. The first-order valence-electron chi connectivity index (χ1n) is 12.7. The van der Waals surface area contributed by atoms with Crippen molar-refractivity contribution in [1.82, 2.24) is 16.0 Å². The molecule has 0 aliphatic heterocycles. The van der Waals surface area contributed by atoms with Crippen molar-refractivity contribution >= 4 is 23.4 Å². The fourth-order valence-corrected chi connectivity index (χ4v) is 4.76. The summed E-state index contributed by atoms with van der Waals surface area (Å²) in [7, 11) is 4.63. The van der Waals surface area contributed by atoms with E-state index in [2.05, 4.69) is 21.3 Å². The molecule has 0 unspecified atom stereocenters. The van der Waals surface area contributed by atoms with Crippen LogP contribution in [0.1, 0.15) is 44.4 Å². The molecule has 0 spiro atoms. The minimum absolute atomic E-state index is 0.208. The lowest BCUT2D eigenvalue weighted by atomic mass is 9.95. The zero-order valence-corrected chi connectivity index (χ0v) is 23.2. The lowest BCUT2D eigenvalue weighted by Crippen LogP contribution is -2.45. The van der Waals surface area contributed by atoms with Gasteiger partial charge in [-0.1, -0.05) is 6.07 Å². The molecule has 0 radical (unpaired) electrons. The summed E-state index contributed by atoms with van der Waals surface area (Å²) >= 11 is 0. The minimum Gasteiger partial charge on any atom is -0.493 e. The third-order valence-electron chi connectivity index (χ3n) is 6.47. The SMILES string of the molecule is COc1cc2c(c(OC)c1OC)-c1ccc(NCCNC(=O)[C@H](C)NC(C)=O)c(=O)cc1[C@@H](NC(C)=O)CC2. The van der Waals surface area contributed by atoms with Crippen molar-refractivity contribution in [3.8, 4) is 28.4 Å². The van der Waals surface area contributed by atoms with Gasteiger partial charge in [-0.05, 0) is 54.7 Å². The summed E-state index contributed by atoms with van der Waals surface area (Å²) in [5, 5.41) is 11.3. The average molecular weight is 541 g/mol. The molecule has 11 nitrogen and oxygen atoms in total. The summed E-state index contributed by atoms with van der Waals surface area (Å²) < 4.78 is 16.9. The van der Waals surface area contributed by atoms with E-state index in [0.717, 1.165) is 16.7 Å². The van der Waals surface area contributed by atoms with E-state index in [0.29, 0.717) is 41.3 Å². The normalized spacial score (nSPS) is 14.5. The molecular weight excluding hydrogens is 504 g/mol. The first kappa shape index (κ1) is 29.3. The topological polar surface area (TPSA) is 144 Å². The summed E-state index contributed by atoms with van der Waals surface area (Å²) in [5.74, 6) is 0.594. The van der Waals surface area contributed by atoms with Gasteiger partial charge in [0.1, 0.15) is 6.04 Å². The Bertz CT molecular complexity index is 1310. The molecule has 0 fully saturated rings. The molecule has 2 aromatic carbocycles. The average Bonchev–Trinajstić information content (AvgIpc) is 3.13. The van der Waals surface area contributed by atoms with Gasteiger partial charge in [-0.25, -0.2) is 0 Å². The Morgan fingerprint density at radius 1 is 0.974 bits per heavy atom. The van der Waals surface area contributed by atoms with Gasteiger partial charge in [-0.3, -0.25) is 19.2 Å². The summed E-state index contributed by atoms with van der Waals surface area (Å²) in [6.07, 6.45) is 1.16. The first-order valence-corrected chi connectivity index (χ1v) is 12.7. The zero-order chi connectivity index (χ0) is 28.7. The quantitative estimate of drug-likeness (QED) is 0.335. The van der Waals surface area contributed by atoms with E-state index in [-0.39, 0.29) is 36.2 Å². The van der Waals surface area contributed by atoms with E-state index >= 15 is 0 Å². The number of amides is 3. The highest BCUT2D eigenvalue weighted by atomic mass is 16.5. The van der Waals surface area contributed by atoms with Crippen molar-refractivity contribution in [3.05, 3.63) is 45.6 Å². The van der Waals surface area contributed by atoms with Crippen LogP contribution in [0.3, 0.4) is 0 Å². The predicted molar refractivity (Wildman–Crippen MR) is 147 cm³/mol. The predicted octanol–water partition coefficient (Wildman–Crippen LogP) is 1.92. The summed E-state index contributed by atoms with van der Waals surface area (Å²) in [6.45, 7) is 4.90. The van der Waals surface area contributed by atoms with Crippen LogP contribution in [0.25, 0.3) is 11.1 Å². The van der Waals surface area contributed by atoms with Crippen LogP contribution in [-0.4, -0.2) is 58.2 Å². The number of nitrogens with one attached hydrogen (secondary N) is 4. The Hall–Kier alpha value is -4.28. The number of hydrogen-bond donors (Lipinski definition) is 4. The molecule has 0 heterocycles. The highest BCUT2D eigenvalue weighted by molar-refractivity contribution is 5.86. The van der Waals surface area contributed by atoms with Gasteiger partial charge in [0, 0.05) is 32.5 Å².